The lowest BCUT2D eigenvalue weighted by molar-refractivity contribution is -0.0979. The quantitative estimate of drug-likeness (QED) is 0.718. The molecule has 0 aromatic heterocycles. The number of carbonyl (C=O) groups excluding carboxylic acids is 1. The molecule has 0 saturated heterocycles. The summed E-state index contributed by atoms with van der Waals surface area (Å²) in [6, 6.07) is 6.67. The predicted molar refractivity (Wildman–Crippen MR) is 61.7 cm³/mol. The summed E-state index contributed by atoms with van der Waals surface area (Å²) in [6.07, 6.45) is 3.50. The van der Waals surface area contributed by atoms with Crippen molar-refractivity contribution in [3.63, 3.8) is 0 Å². The van der Waals surface area contributed by atoms with Crippen LogP contribution in [-0.2, 0) is 24.1 Å². The van der Waals surface area contributed by atoms with E-state index in [1.165, 1.54) is 17.5 Å². The molecule has 78 valence electrons. The summed E-state index contributed by atoms with van der Waals surface area (Å²) in [6.45, 7) is 8.70. The second kappa shape index (κ2) is 7.31. The minimum atomic E-state index is 1.16. The molecule has 1 aromatic rings. The summed E-state index contributed by atoms with van der Waals surface area (Å²) in [5, 5.41) is 0. The molecule has 1 rings (SSSR count). The Labute approximate surface area is 87.2 Å². The van der Waals surface area contributed by atoms with E-state index in [9.17, 15) is 0 Å². The van der Waals surface area contributed by atoms with Gasteiger partial charge < -0.3 is 4.79 Å². The number of rotatable bonds is 3. The summed E-state index contributed by atoms with van der Waals surface area (Å²) in [4.78, 5) is 8.00. The highest BCUT2D eigenvalue weighted by molar-refractivity contribution is 5.35. The van der Waals surface area contributed by atoms with Crippen LogP contribution in [0.5, 0.6) is 0 Å². The van der Waals surface area contributed by atoms with Gasteiger partial charge >= 0.3 is 0 Å². The Morgan fingerprint density at radius 2 is 1.36 bits per heavy atom. The largest absolute Gasteiger partial charge is 0.307 e. The van der Waals surface area contributed by atoms with Gasteiger partial charge in [0.1, 0.15) is 6.79 Å². The third-order valence-corrected chi connectivity index (χ3v) is 2.49. The maximum absolute atomic E-state index is 8.00. The Morgan fingerprint density at radius 3 is 1.64 bits per heavy atom. The van der Waals surface area contributed by atoms with Gasteiger partial charge in [0.05, 0.1) is 0 Å². The van der Waals surface area contributed by atoms with Crippen LogP contribution in [0.15, 0.2) is 18.2 Å². The fourth-order valence-corrected chi connectivity index (χ4v) is 1.80. The molecule has 0 bridgehead atoms. The van der Waals surface area contributed by atoms with Crippen molar-refractivity contribution >= 4 is 6.79 Å². The number of hydrogen-bond donors (Lipinski definition) is 0. The first-order chi connectivity index (χ1) is 6.83. The van der Waals surface area contributed by atoms with Gasteiger partial charge in [0.25, 0.3) is 0 Å². The van der Waals surface area contributed by atoms with Gasteiger partial charge in [-0.1, -0.05) is 39.0 Å². The van der Waals surface area contributed by atoms with Gasteiger partial charge in [0, 0.05) is 0 Å². The van der Waals surface area contributed by atoms with E-state index in [0.29, 0.717) is 0 Å². The number of hydrogen-bond acceptors (Lipinski definition) is 1. The van der Waals surface area contributed by atoms with Crippen LogP contribution in [-0.4, -0.2) is 6.79 Å². The molecule has 0 radical (unpaired) electrons. The molecule has 0 heterocycles. The van der Waals surface area contributed by atoms with Gasteiger partial charge in [-0.3, -0.25) is 0 Å². The zero-order chi connectivity index (χ0) is 11.0. The van der Waals surface area contributed by atoms with Crippen molar-refractivity contribution in [1.82, 2.24) is 0 Å². The van der Waals surface area contributed by atoms with E-state index < -0.39 is 0 Å². The average Bonchev–Trinajstić information content (AvgIpc) is 2.30. The molecule has 1 nitrogen and oxygen atoms in total. The lowest BCUT2D eigenvalue weighted by atomic mass is 9.96. The summed E-state index contributed by atoms with van der Waals surface area (Å²) < 4.78 is 0. The first kappa shape index (κ1) is 12.9. The number of aryl methyl sites for hydroxylation is 2. The fourth-order valence-electron chi connectivity index (χ4n) is 1.80. The molecule has 1 heteroatoms. The molecule has 0 aliphatic rings. The predicted octanol–water partition coefficient (Wildman–Crippen LogP) is 3.19. The second-order valence-corrected chi connectivity index (χ2v) is 3.12. The van der Waals surface area contributed by atoms with Crippen molar-refractivity contribution in [1.29, 1.82) is 0 Å². The lowest BCUT2D eigenvalue weighted by Gasteiger charge is -2.10. The molecule has 0 fully saturated rings. The molecule has 1 aromatic carbocycles. The van der Waals surface area contributed by atoms with Crippen molar-refractivity contribution in [3.05, 3.63) is 34.9 Å². The molecular weight excluding hydrogens is 172 g/mol. The van der Waals surface area contributed by atoms with Crippen LogP contribution in [0.2, 0.25) is 0 Å². The molecule has 0 N–H and O–H groups in total. The summed E-state index contributed by atoms with van der Waals surface area (Å²) in [7, 11) is 0. The standard InChI is InChI=1S/C12H18.CH2O/c1-4-10-8-7-9-11(5-2)12(10)6-3;1-2/h7-9H,4-6H2,1-3H3;1H2. The van der Waals surface area contributed by atoms with E-state index in [-0.39, 0.29) is 0 Å². The molecule has 0 aliphatic heterocycles. The van der Waals surface area contributed by atoms with E-state index in [0.717, 1.165) is 12.8 Å². The number of carbonyl (C=O) groups is 1. The highest BCUT2D eigenvalue weighted by Crippen LogP contribution is 2.16. The molecule has 14 heavy (non-hydrogen) atoms. The van der Waals surface area contributed by atoms with E-state index >= 15 is 0 Å². The fraction of sp³-hybridized carbons (Fsp3) is 0.462. The van der Waals surface area contributed by atoms with Crippen LogP contribution in [0.1, 0.15) is 37.5 Å². The van der Waals surface area contributed by atoms with Gasteiger partial charge in [0.15, 0.2) is 0 Å². The Balaban J connectivity index is 0.000000791. The molecule has 0 amide bonds. The summed E-state index contributed by atoms with van der Waals surface area (Å²) in [5.41, 5.74) is 4.62. The summed E-state index contributed by atoms with van der Waals surface area (Å²) >= 11 is 0. The van der Waals surface area contributed by atoms with Gasteiger partial charge in [-0.25, -0.2) is 0 Å². The van der Waals surface area contributed by atoms with Crippen molar-refractivity contribution in [2.24, 2.45) is 0 Å². The SMILES string of the molecule is C=O.CCc1cccc(CC)c1CC. The molecule has 0 spiro atoms. The lowest BCUT2D eigenvalue weighted by Crippen LogP contribution is -1.96. The van der Waals surface area contributed by atoms with E-state index in [2.05, 4.69) is 39.0 Å². The van der Waals surface area contributed by atoms with Gasteiger partial charge in [-0.15, -0.1) is 0 Å². The Hall–Kier alpha value is -1.11. The van der Waals surface area contributed by atoms with Crippen LogP contribution in [0, 0.1) is 0 Å². The Morgan fingerprint density at radius 1 is 0.929 bits per heavy atom. The maximum Gasteiger partial charge on any atom is 0.106 e. The molecule has 0 unspecified atom stereocenters. The minimum absolute atomic E-state index is 1.16. The topological polar surface area (TPSA) is 17.1 Å². The van der Waals surface area contributed by atoms with Crippen LogP contribution in [0.3, 0.4) is 0 Å². The van der Waals surface area contributed by atoms with Crippen LogP contribution in [0.4, 0.5) is 0 Å². The van der Waals surface area contributed by atoms with Crippen LogP contribution < -0.4 is 0 Å². The maximum atomic E-state index is 8.00. The van der Waals surface area contributed by atoms with Crippen molar-refractivity contribution in [2.75, 3.05) is 0 Å². The Bertz CT molecular complexity index is 244. The minimum Gasteiger partial charge on any atom is -0.307 e. The monoisotopic (exact) mass is 192 g/mol. The van der Waals surface area contributed by atoms with Crippen LogP contribution >= 0.6 is 0 Å². The first-order valence-electron chi connectivity index (χ1n) is 5.21. The zero-order valence-electron chi connectivity index (χ0n) is 9.47. The second-order valence-electron chi connectivity index (χ2n) is 3.12. The molecule has 0 saturated carbocycles. The Kier molecular flexibility index (Phi) is 6.73. The third kappa shape index (κ3) is 2.99. The normalized spacial score (nSPS) is 9.07. The van der Waals surface area contributed by atoms with Crippen LogP contribution in [0.25, 0.3) is 0 Å². The highest BCUT2D eigenvalue weighted by atomic mass is 16.1. The smallest absolute Gasteiger partial charge is 0.106 e. The third-order valence-electron chi connectivity index (χ3n) is 2.49. The average molecular weight is 192 g/mol. The first-order valence-corrected chi connectivity index (χ1v) is 5.21. The molecule has 0 atom stereocenters. The van der Waals surface area contributed by atoms with Gasteiger partial charge in [-0.05, 0) is 36.0 Å². The van der Waals surface area contributed by atoms with Crippen molar-refractivity contribution < 1.29 is 4.79 Å². The van der Waals surface area contributed by atoms with Gasteiger partial charge in [-0.2, -0.15) is 0 Å². The van der Waals surface area contributed by atoms with E-state index in [1.54, 1.807) is 5.56 Å². The molecule has 0 aliphatic carbocycles. The van der Waals surface area contributed by atoms with Crippen molar-refractivity contribution in [3.8, 4) is 0 Å². The van der Waals surface area contributed by atoms with Gasteiger partial charge in [0.2, 0.25) is 0 Å². The van der Waals surface area contributed by atoms with E-state index in [1.807, 2.05) is 6.79 Å². The van der Waals surface area contributed by atoms with Crippen molar-refractivity contribution in [2.45, 2.75) is 40.0 Å². The zero-order valence-corrected chi connectivity index (χ0v) is 9.47. The molecular formula is C13H20O. The summed E-state index contributed by atoms with van der Waals surface area (Å²) in [5.74, 6) is 0. The van der Waals surface area contributed by atoms with E-state index in [4.69, 9.17) is 4.79 Å². The number of benzene rings is 1. The highest BCUT2D eigenvalue weighted by Gasteiger charge is 2.02.